The molecule has 0 atom stereocenters. The van der Waals surface area contributed by atoms with Crippen LogP contribution in [-0.2, 0) is 6.54 Å². The van der Waals surface area contributed by atoms with E-state index in [2.05, 4.69) is 15.0 Å². The van der Waals surface area contributed by atoms with Crippen LogP contribution in [-0.4, -0.2) is 31.0 Å². The second-order valence-corrected chi connectivity index (χ2v) is 9.32. The molecule has 1 aliphatic rings. The first-order valence-electron chi connectivity index (χ1n) is 11.8. The first-order valence-corrected chi connectivity index (χ1v) is 12.2. The van der Waals surface area contributed by atoms with Crippen molar-refractivity contribution in [1.29, 1.82) is 0 Å². The molecule has 0 N–H and O–H groups in total. The zero-order chi connectivity index (χ0) is 26.6. The van der Waals surface area contributed by atoms with E-state index in [1.807, 2.05) is 28.5 Å². The predicted octanol–water partition coefficient (Wildman–Crippen LogP) is 6.75. The molecule has 0 spiro atoms. The Balaban J connectivity index is 1.51. The van der Waals surface area contributed by atoms with Crippen LogP contribution in [0.5, 0.6) is 11.6 Å². The molecule has 4 heterocycles. The van der Waals surface area contributed by atoms with E-state index in [9.17, 15) is 10.1 Å². The van der Waals surface area contributed by atoms with Crippen molar-refractivity contribution < 1.29 is 14.1 Å². The minimum Gasteiger partial charge on any atom is -0.436 e. The zero-order valence-electron chi connectivity index (χ0n) is 20.4. The lowest BCUT2D eigenvalue weighted by atomic mass is 10.0. The molecule has 9 nitrogen and oxygen atoms in total. The van der Waals surface area contributed by atoms with E-state index in [0.717, 1.165) is 5.69 Å². The van der Waals surface area contributed by atoms with Gasteiger partial charge < -0.3 is 14.2 Å². The number of benzene rings is 2. The van der Waals surface area contributed by atoms with Gasteiger partial charge in [-0.2, -0.15) is 0 Å². The van der Waals surface area contributed by atoms with Gasteiger partial charge in [-0.05, 0) is 43.7 Å². The lowest BCUT2D eigenvalue weighted by molar-refractivity contribution is -0.385. The Hall–Kier alpha value is -4.57. The van der Waals surface area contributed by atoms with Crippen molar-refractivity contribution in [1.82, 2.24) is 19.5 Å². The van der Waals surface area contributed by atoms with Gasteiger partial charge in [-0.1, -0.05) is 29.8 Å². The van der Waals surface area contributed by atoms with E-state index in [1.54, 1.807) is 37.3 Å². The van der Waals surface area contributed by atoms with Gasteiger partial charge in [0.25, 0.3) is 5.69 Å². The predicted molar refractivity (Wildman–Crippen MR) is 142 cm³/mol. The molecule has 1 aliphatic heterocycles. The minimum atomic E-state index is -0.581. The standard InChI is InChI=1S/C27H20ClFN6O3/c1-15-6-8-18(13-20(15)35(36)37)33-10-11-34-26-24(25(28)30-14-31-26)23(27(33)34)17-7-9-21(19(29)12-17)38-22-5-3-4-16(2)32-22/h3-9,12-14H,10-11H2,1-2H3. The number of pyridine rings is 1. The fourth-order valence-corrected chi connectivity index (χ4v) is 5.06. The average Bonchev–Trinajstić information content (AvgIpc) is 3.45. The maximum Gasteiger partial charge on any atom is 0.274 e. The fourth-order valence-electron chi connectivity index (χ4n) is 4.83. The molecule has 38 heavy (non-hydrogen) atoms. The highest BCUT2D eigenvalue weighted by Gasteiger charge is 2.32. The molecule has 0 saturated heterocycles. The summed E-state index contributed by atoms with van der Waals surface area (Å²) in [6, 6.07) is 15.0. The van der Waals surface area contributed by atoms with E-state index in [-0.39, 0.29) is 22.5 Å². The van der Waals surface area contributed by atoms with E-state index < -0.39 is 10.7 Å². The molecule has 6 rings (SSSR count). The summed E-state index contributed by atoms with van der Waals surface area (Å²) in [5, 5.41) is 12.4. The van der Waals surface area contributed by atoms with Gasteiger partial charge in [-0.3, -0.25) is 10.1 Å². The number of rotatable bonds is 5. The first kappa shape index (κ1) is 23.8. The number of anilines is 2. The van der Waals surface area contributed by atoms with Crippen LogP contribution in [0.2, 0.25) is 5.15 Å². The van der Waals surface area contributed by atoms with Gasteiger partial charge in [-0.25, -0.2) is 19.3 Å². The summed E-state index contributed by atoms with van der Waals surface area (Å²) in [5.74, 6) is 0.437. The summed E-state index contributed by atoms with van der Waals surface area (Å²) in [6.45, 7) is 4.63. The lowest BCUT2D eigenvalue weighted by Gasteiger charge is -2.20. The van der Waals surface area contributed by atoms with Crippen molar-refractivity contribution in [3.05, 3.63) is 93.3 Å². The van der Waals surface area contributed by atoms with Crippen LogP contribution in [0.3, 0.4) is 0 Å². The number of halogens is 2. The van der Waals surface area contributed by atoms with Crippen LogP contribution in [0.15, 0.2) is 60.9 Å². The summed E-state index contributed by atoms with van der Waals surface area (Å²) < 4.78 is 23.0. The van der Waals surface area contributed by atoms with Crippen LogP contribution in [0.25, 0.3) is 22.2 Å². The smallest absolute Gasteiger partial charge is 0.274 e. The van der Waals surface area contributed by atoms with Crippen LogP contribution in [0.4, 0.5) is 21.6 Å². The van der Waals surface area contributed by atoms with E-state index >= 15 is 4.39 Å². The molecular formula is C27H20ClFN6O3. The molecule has 0 saturated carbocycles. The Bertz CT molecular complexity index is 1760. The summed E-state index contributed by atoms with van der Waals surface area (Å²) in [6.07, 6.45) is 1.38. The molecule has 0 unspecified atom stereocenters. The molecule has 0 amide bonds. The van der Waals surface area contributed by atoms with Crippen molar-refractivity contribution in [2.45, 2.75) is 20.4 Å². The van der Waals surface area contributed by atoms with Crippen molar-refractivity contribution in [2.75, 3.05) is 11.4 Å². The van der Waals surface area contributed by atoms with Crippen LogP contribution in [0, 0.1) is 29.8 Å². The molecule has 190 valence electrons. The monoisotopic (exact) mass is 530 g/mol. The maximum absolute atomic E-state index is 15.4. The van der Waals surface area contributed by atoms with Crippen molar-refractivity contribution in [3.63, 3.8) is 0 Å². The Labute approximate surface area is 221 Å². The van der Waals surface area contributed by atoms with E-state index in [0.29, 0.717) is 52.3 Å². The number of nitro benzene ring substituents is 1. The number of ether oxygens (including phenoxy) is 1. The molecule has 0 radical (unpaired) electrons. The summed E-state index contributed by atoms with van der Waals surface area (Å²) >= 11 is 6.55. The topological polar surface area (TPSA) is 99.2 Å². The molecular weight excluding hydrogens is 511 g/mol. The molecule has 0 bridgehead atoms. The van der Waals surface area contributed by atoms with Crippen molar-refractivity contribution >= 4 is 39.8 Å². The zero-order valence-corrected chi connectivity index (χ0v) is 21.1. The minimum absolute atomic E-state index is 0.0220. The maximum atomic E-state index is 15.4. The normalized spacial score (nSPS) is 12.7. The Morgan fingerprint density at radius 2 is 1.92 bits per heavy atom. The number of aromatic nitrogens is 4. The number of fused-ring (bicyclic) bond motifs is 3. The Kier molecular flexibility index (Phi) is 5.68. The summed E-state index contributed by atoms with van der Waals surface area (Å²) in [5.41, 5.74) is 3.74. The van der Waals surface area contributed by atoms with Crippen molar-refractivity contribution in [2.24, 2.45) is 0 Å². The highest BCUT2D eigenvalue weighted by molar-refractivity contribution is 6.35. The third kappa shape index (κ3) is 3.90. The second kappa shape index (κ2) is 9.07. The first-order chi connectivity index (χ1) is 18.3. The molecule has 0 fully saturated rings. The molecule has 2 aromatic carbocycles. The number of nitro groups is 1. The highest BCUT2D eigenvalue weighted by atomic mass is 35.5. The highest BCUT2D eigenvalue weighted by Crippen LogP contribution is 2.47. The van der Waals surface area contributed by atoms with Gasteiger partial charge in [0.15, 0.2) is 11.6 Å². The molecule has 0 aliphatic carbocycles. The summed E-state index contributed by atoms with van der Waals surface area (Å²) in [7, 11) is 0. The third-order valence-electron chi connectivity index (χ3n) is 6.57. The fraction of sp³-hybridized carbons (Fsp3) is 0.148. The number of hydrogen-bond donors (Lipinski definition) is 0. The largest absolute Gasteiger partial charge is 0.436 e. The van der Waals surface area contributed by atoms with Gasteiger partial charge >= 0.3 is 0 Å². The van der Waals surface area contributed by atoms with Gasteiger partial charge in [0.2, 0.25) is 5.88 Å². The van der Waals surface area contributed by atoms with Gasteiger partial charge in [0, 0.05) is 47.7 Å². The molecule has 3 aromatic heterocycles. The second-order valence-electron chi connectivity index (χ2n) is 8.96. The average molecular weight is 531 g/mol. The SMILES string of the molecule is Cc1cccc(Oc2ccc(-c3c4n(c5ncnc(Cl)c35)CCN4c3ccc(C)c([N+](=O)[O-])c3)cc2F)n1. The number of hydrogen-bond acceptors (Lipinski definition) is 7. The Morgan fingerprint density at radius 3 is 2.68 bits per heavy atom. The quantitative estimate of drug-likeness (QED) is 0.141. The third-order valence-corrected chi connectivity index (χ3v) is 6.85. The molecule has 11 heteroatoms. The number of aryl methyl sites for hydroxylation is 2. The van der Waals surface area contributed by atoms with Crippen molar-refractivity contribution in [3.8, 4) is 22.8 Å². The van der Waals surface area contributed by atoms with Crippen LogP contribution in [0.1, 0.15) is 11.3 Å². The molecule has 5 aromatic rings. The lowest BCUT2D eigenvalue weighted by Crippen LogP contribution is -2.14. The van der Waals surface area contributed by atoms with E-state index in [4.69, 9.17) is 16.3 Å². The van der Waals surface area contributed by atoms with E-state index in [1.165, 1.54) is 18.5 Å². The van der Waals surface area contributed by atoms with Gasteiger partial charge in [-0.15, -0.1) is 0 Å². The van der Waals surface area contributed by atoms with Gasteiger partial charge in [0.05, 0.1) is 10.3 Å². The summed E-state index contributed by atoms with van der Waals surface area (Å²) in [4.78, 5) is 26.1. The van der Waals surface area contributed by atoms with Crippen LogP contribution < -0.4 is 9.64 Å². The Morgan fingerprint density at radius 1 is 1.08 bits per heavy atom. The van der Waals surface area contributed by atoms with Crippen LogP contribution >= 0.6 is 11.6 Å². The van der Waals surface area contributed by atoms with Gasteiger partial charge in [0.1, 0.15) is 22.9 Å². The number of nitrogens with zero attached hydrogens (tertiary/aromatic N) is 6.